The van der Waals surface area contributed by atoms with Crippen LogP contribution >= 0.6 is 0 Å². The van der Waals surface area contributed by atoms with Crippen LogP contribution in [0.25, 0.3) is 0 Å². The highest BCUT2D eigenvalue weighted by atomic mass is 19.1. The van der Waals surface area contributed by atoms with Crippen molar-refractivity contribution in [2.45, 2.75) is 18.9 Å². The summed E-state index contributed by atoms with van der Waals surface area (Å²) in [6, 6.07) is 6.91. The van der Waals surface area contributed by atoms with E-state index in [1.54, 1.807) is 12.4 Å². The highest BCUT2D eigenvalue weighted by molar-refractivity contribution is 5.19. The second kappa shape index (κ2) is 4.90. The van der Waals surface area contributed by atoms with Crippen molar-refractivity contribution in [1.82, 2.24) is 14.9 Å². The molecular weight excluding hydrogens is 229 g/mol. The van der Waals surface area contributed by atoms with E-state index in [1.165, 1.54) is 11.8 Å². The molecule has 0 aliphatic carbocycles. The summed E-state index contributed by atoms with van der Waals surface area (Å²) in [5.74, 6) is 0.348. The lowest BCUT2D eigenvalue weighted by Gasteiger charge is -2.13. The Morgan fingerprint density at radius 1 is 1.39 bits per heavy atom. The number of halogens is 1. The summed E-state index contributed by atoms with van der Waals surface area (Å²) in [6.07, 6.45) is 4.82. The number of hydrogen-bond donors (Lipinski definition) is 1. The molecule has 0 saturated carbocycles. The number of hydrogen-bond acceptors (Lipinski definition) is 2. The molecule has 3 nitrogen and oxygen atoms in total. The van der Waals surface area contributed by atoms with Gasteiger partial charge in [0.05, 0.1) is 12.9 Å². The molecule has 0 radical (unpaired) electrons. The van der Waals surface area contributed by atoms with Crippen molar-refractivity contribution in [3.8, 4) is 0 Å². The molecule has 0 amide bonds. The standard InChI is InChI=1S/C14H16FN3/c15-13-4-2-1-3-12(13)9-18-10-17-8-14(18)11-5-6-16-7-11/h1-4,8,10-11,16H,5-7,9H2. The Hall–Kier alpha value is -1.68. The van der Waals surface area contributed by atoms with Gasteiger partial charge in [0.1, 0.15) is 5.82 Å². The monoisotopic (exact) mass is 245 g/mol. The van der Waals surface area contributed by atoms with Gasteiger partial charge < -0.3 is 9.88 Å². The smallest absolute Gasteiger partial charge is 0.128 e. The van der Waals surface area contributed by atoms with Crippen LogP contribution in [0.1, 0.15) is 23.6 Å². The highest BCUT2D eigenvalue weighted by Crippen LogP contribution is 2.22. The maximum absolute atomic E-state index is 13.6. The summed E-state index contributed by atoms with van der Waals surface area (Å²) in [5, 5.41) is 3.35. The summed E-state index contributed by atoms with van der Waals surface area (Å²) >= 11 is 0. The molecular formula is C14H16FN3. The minimum atomic E-state index is -0.151. The van der Waals surface area contributed by atoms with Gasteiger partial charge in [0.2, 0.25) is 0 Å². The SMILES string of the molecule is Fc1ccccc1Cn1cncc1C1CCNC1. The van der Waals surface area contributed by atoms with Crippen molar-refractivity contribution >= 4 is 0 Å². The first-order chi connectivity index (χ1) is 8.84. The first-order valence-corrected chi connectivity index (χ1v) is 6.29. The van der Waals surface area contributed by atoms with Crippen molar-refractivity contribution in [1.29, 1.82) is 0 Å². The Labute approximate surface area is 106 Å². The van der Waals surface area contributed by atoms with Crippen molar-refractivity contribution in [3.63, 3.8) is 0 Å². The minimum Gasteiger partial charge on any atom is -0.330 e. The molecule has 2 heterocycles. The van der Waals surface area contributed by atoms with Crippen LogP contribution in [0.2, 0.25) is 0 Å². The quantitative estimate of drug-likeness (QED) is 0.898. The molecule has 1 atom stereocenters. The lowest BCUT2D eigenvalue weighted by molar-refractivity contribution is 0.587. The van der Waals surface area contributed by atoms with Gasteiger partial charge in [-0.2, -0.15) is 0 Å². The molecule has 1 fully saturated rings. The number of nitrogens with zero attached hydrogens (tertiary/aromatic N) is 2. The molecule has 0 bridgehead atoms. The maximum atomic E-state index is 13.6. The zero-order valence-electron chi connectivity index (χ0n) is 10.1. The fourth-order valence-corrected chi connectivity index (χ4v) is 2.52. The van der Waals surface area contributed by atoms with Crippen LogP contribution in [0.3, 0.4) is 0 Å². The molecule has 4 heteroatoms. The summed E-state index contributed by atoms with van der Waals surface area (Å²) < 4.78 is 15.7. The fraction of sp³-hybridized carbons (Fsp3) is 0.357. The van der Waals surface area contributed by atoms with Gasteiger partial charge >= 0.3 is 0 Å². The molecule has 1 aromatic heterocycles. The third kappa shape index (κ3) is 2.16. The number of rotatable bonds is 3. The van der Waals surface area contributed by atoms with E-state index >= 15 is 0 Å². The van der Waals surface area contributed by atoms with Crippen LogP contribution in [-0.2, 0) is 6.54 Å². The average Bonchev–Trinajstić information content (AvgIpc) is 3.02. The van der Waals surface area contributed by atoms with Crippen LogP contribution in [-0.4, -0.2) is 22.6 Å². The largest absolute Gasteiger partial charge is 0.330 e. The normalized spacial score (nSPS) is 19.3. The molecule has 1 aliphatic rings. The van der Waals surface area contributed by atoms with Gasteiger partial charge in [-0.25, -0.2) is 9.37 Å². The third-order valence-electron chi connectivity index (χ3n) is 3.52. The first kappa shape index (κ1) is 11.4. The van der Waals surface area contributed by atoms with E-state index in [1.807, 2.05) is 18.3 Å². The fourth-order valence-electron chi connectivity index (χ4n) is 2.52. The van der Waals surface area contributed by atoms with E-state index in [2.05, 4.69) is 14.9 Å². The van der Waals surface area contributed by atoms with Crippen molar-refractivity contribution in [2.75, 3.05) is 13.1 Å². The summed E-state index contributed by atoms with van der Waals surface area (Å²) in [6.45, 7) is 2.59. The van der Waals surface area contributed by atoms with Gasteiger partial charge in [0, 0.05) is 29.9 Å². The van der Waals surface area contributed by atoms with E-state index < -0.39 is 0 Å². The molecule has 1 saturated heterocycles. The Bertz CT molecular complexity index is 529. The summed E-state index contributed by atoms with van der Waals surface area (Å²) in [5.41, 5.74) is 1.91. The molecule has 1 N–H and O–H groups in total. The van der Waals surface area contributed by atoms with E-state index in [-0.39, 0.29) is 5.82 Å². The van der Waals surface area contributed by atoms with Crippen LogP contribution in [0, 0.1) is 5.82 Å². The van der Waals surface area contributed by atoms with Crippen molar-refractivity contribution < 1.29 is 4.39 Å². The van der Waals surface area contributed by atoms with Gasteiger partial charge in [-0.1, -0.05) is 18.2 Å². The third-order valence-corrected chi connectivity index (χ3v) is 3.52. The van der Waals surface area contributed by atoms with Gasteiger partial charge in [0.15, 0.2) is 0 Å². The van der Waals surface area contributed by atoms with Crippen LogP contribution < -0.4 is 5.32 Å². The van der Waals surface area contributed by atoms with E-state index in [0.717, 1.165) is 19.5 Å². The Morgan fingerprint density at radius 3 is 3.06 bits per heavy atom. The van der Waals surface area contributed by atoms with E-state index in [9.17, 15) is 4.39 Å². The summed E-state index contributed by atoms with van der Waals surface area (Å²) in [7, 11) is 0. The number of benzene rings is 1. The summed E-state index contributed by atoms with van der Waals surface area (Å²) in [4.78, 5) is 4.21. The lowest BCUT2D eigenvalue weighted by Crippen LogP contribution is -2.12. The zero-order valence-corrected chi connectivity index (χ0v) is 10.1. The highest BCUT2D eigenvalue weighted by Gasteiger charge is 2.20. The predicted octanol–water partition coefficient (Wildman–Crippen LogP) is 2.15. The molecule has 0 spiro atoms. The maximum Gasteiger partial charge on any atom is 0.128 e. The number of aromatic nitrogens is 2. The van der Waals surface area contributed by atoms with Gasteiger partial charge in [-0.05, 0) is 19.0 Å². The first-order valence-electron chi connectivity index (χ1n) is 6.29. The van der Waals surface area contributed by atoms with Gasteiger partial charge in [-0.15, -0.1) is 0 Å². The number of imidazole rings is 1. The van der Waals surface area contributed by atoms with Crippen LogP contribution in [0.5, 0.6) is 0 Å². The van der Waals surface area contributed by atoms with E-state index in [4.69, 9.17) is 0 Å². The second-order valence-electron chi connectivity index (χ2n) is 4.73. The Morgan fingerprint density at radius 2 is 2.28 bits per heavy atom. The van der Waals surface area contributed by atoms with Crippen molar-refractivity contribution in [2.24, 2.45) is 0 Å². The Kier molecular flexibility index (Phi) is 3.11. The molecule has 3 rings (SSSR count). The molecule has 1 unspecified atom stereocenters. The Balaban J connectivity index is 1.85. The lowest BCUT2D eigenvalue weighted by atomic mass is 10.1. The zero-order chi connectivity index (χ0) is 12.4. The topological polar surface area (TPSA) is 29.9 Å². The van der Waals surface area contributed by atoms with Gasteiger partial charge in [0.25, 0.3) is 0 Å². The molecule has 2 aromatic rings. The molecule has 1 aliphatic heterocycles. The van der Waals surface area contributed by atoms with Crippen LogP contribution in [0.4, 0.5) is 4.39 Å². The van der Waals surface area contributed by atoms with Crippen molar-refractivity contribution in [3.05, 3.63) is 53.9 Å². The van der Waals surface area contributed by atoms with Gasteiger partial charge in [-0.3, -0.25) is 0 Å². The second-order valence-corrected chi connectivity index (χ2v) is 4.73. The minimum absolute atomic E-state index is 0.151. The molecule has 18 heavy (non-hydrogen) atoms. The van der Waals surface area contributed by atoms with Crippen LogP contribution in [0.15, 0.2) is 36.8 Å². The predicted molar refractivity (Wildman–Crippen MR) is 68.0 cm³/mol. The molecule has 94 valence electrons. The van der Waals surface area contributed by atoms with E-state index in [0.29, 0.717) is 18.0 Å². The number of nitrogens with one attached hydrogen (secondary N) is 1. The molecule has 1 aromatic carbocycles. The average molecular weight is 245 g/mol.